The molecule has 1 atom stereocenters. The molecule has 4 heteroatoms. The van der Waals surface area contributed by atoms with Gasteiger partial charge in [-0.1, -0.05) is 133 Å². The van der Waals surface area contributed by atoms with Crippen molar-refractivity contribution in [2.45, 2.75) is 70.8 Å². The van der Waals surface area contributed by atoms with Gasteiger partial charge in [-0.15, -0.1) is 0 Å². The normalized spacial score (nSPS) is 15.4. The van der Waals surface area contributed by atoms with E-state index in [0.29, 0.717) is 25.3 Å². The summed E-state index contributed by atoms with van der Waals surface area (Å²) in [7, 11) is 0. The quantitative estimate of drug-likeness (QED) is 0.236. The zero-order valence-electron chi connectivity index (χ0n) is 27.3. The van der Waals surface area contributed by atoms with E-state index in [2.05, 4.69) is 142 Å². The van der Waals surface area contributed by atoms with Gasteiger partial charge in [0.05, 0.1) is 6.04 Å². The minimum Gasteiger partial charge on any atom is -0.507 e. The van der Waals surface area contributed by atoms with Crippen molar-refractivity contribution >= 4 is 5.91 Å². The Bertz CT molecular complexity index is 1450. The first-order valence-electron chi connectivity index (χ1n) is 16.0. The highest BCUT2D eigenvalue weighted by Gasteiger charge is 2.33. The van der Waals surface area contributed by atoms with Gasteiger partial charge >= 0.3 is 0 Å². The lowest BCUT2D eigenvalue weighted by Gasteiger charge is -2.41. The van der Waals surface area contributed by atoms with Gasteiger partial charge in [0.25, 0.3) is 0 Å². The third-order valence-corrected chi connectivity index (χ3v) is 8.99. The van der Waals surface area contributed by atoms with Crippen LogP contribution in [0.3, 0.4) is 0 Å². The van der Waals surface area contributed by atoms with Gasteiger partial charge in [0.1, 0.15) is 5.75 Å². The molecular formula is C40H48N2O2. The van der Waals surface area contributed by atoms with Crippen LogP contribution in [0.25, 0.3) is 0 Å². The van der Waals surface area contributed by atoms with E-state index in [-0.39, 0.29) is 28.7 Å². The second-order valence-electron chi connectivity index (χ2n) is 14.3. The molecule has 1 aliphatic rings. The summed E-state index contributed by atoms with van der Waals surface area (Å²) in [5, 5.41) is 11.4. The molecule has 44 heavy (non-hydrogen) atoms. The number of nitrogens with zero attached hydrogens (tertiary/aromatic N) is 2. The number of benzene rings is 4. The molecular weight excluding hydrogens is 540 g/mol. The standard InChI is InChI=1S/C40H48N2O2/c1-39(2,3)34-26-32(27-35(38(34)44)40(4,5)6)37(31-20-14-9-15-21-31)42-24-22-41(23-25-42)36(43)28-33(29-16-10-7-11-17-29)30-18-12-8-13-19-30/h7-21,26-27,33,37,44H,22-25,28H2,1-6H3. The average molecular weight is 589 g/mol. The van der Waals surface area contributed by atoms with Gasteiger partial charge < -0.3 is 10.0 Å². The second-order valence-corrected chi connectivity index (χ2v) is 14.3. The van der Waals surface area contributed by atoms with Crippen LogP contribution in [0.2, 0.25) is 0 Å². The van der Waals surface area contributed by atoms with Gasteiger partial charge in [-0.05, 0) is 56.3 Å². The molecule has 0 aliphatic carbocycles. The summed E-state index contributed by atoms with van der Waals surface area (Å²) < 4.78 is 0. The molecule has 1 fully saturated rings. The number of amides is 1. The first-order valence-corrected chi connectivity index (χ1v) is 16.0. The molecule has 4 aromatic carbocycles. The highest BCUT2D eigenvalue weighted by molar-refractivity contribution is 5.78. The topological polar surface area (TPSA) is 43.8 Å². The molecule has 0 bridgehead atoms. The molecule has 230 valence electrons. The zero-order valence-corrected chi connectivity index (χ0v) is 27.3. The summed E-state index contributed by atoms with van der Waals surface area (Å²) in [6, 6.07) is 35.9. The third kappa shape index (κ3) is 7.08. The smallest absolute Gasteiger partial charge is 0.223 e. The van der Waals surface area contributed by atoms with E-state index >= 15 is 0 Å². The van der Waals surface area contributed by atoms with E-state index in [9.17, 15) is 9.90 Å². The number of piperazine rings is 1. The summed E-state index contributed by atoms with van der Waals surface area (Å²) in [4.78, 5) is 18.4. The lowest BCUT2D eigenvalue weighted by Crippen LogP contribution is -2.50. The highest BCUT2D eigenvalue weighted by Crippen LogP contribution is 2.43. The lowest BCUT2D eigenvalue weighted by atomic mass is 9.77. The average Bonchev–Trinajstić information content (AvgIpc) is 3.01. The van der Waals surface area contributed by atoms with Gasteiger partial charge in [0, 0.05) is 38.5 Å². The Kier molecular flexibility index (Phi) is 9.31. The molecule has 4 nitrogen and oxygen atoms in total. The lowest BCUT2D eigenvalue weighted by molar-refractivity contribution is -0.133. The molecule has 1 N–H and O–H groups in total. The van der Waals surface area contributed by atoms with Crippen molar-refractivity contribution in [2.24, 2.45) is 0 Å². The van der Waals surface area contributed by atoms with Crippen molar-refractivity contribution in [1.82, 2.24) is 9.80 Å². The van der Waals surface area contributed by atoms with Crippen LogP contribution in [-0.4, -0.2) is 47.0 Å². The SMILES string of the molecule is CC(C)(C)c1cc(C(c2ccccc2)N2CCN(C(=O)CC(c3ccccc3)c3ccccc3)CC2)cc(C(C)(C)C)c1O. The van der Waals surface area contributed by atoms with Crippen LogP contribution in [0.1, 0.15) is 93.3 Å². The van der Waals surface area contributed by atoms with Crippen LogP contribution in [0.5, 0.6) is 5.75 Å². The molecule has 0 spiro atoms. The third-order valence-electron chi connectivity index (χ3n) is 8.99. The first-order chi connectivity index (χ1) is 20.9. The Morgan fingerprint density at radius 3 is 1.45 bits per heavy atom. The van der Waals surface area contributed by atoms with Crippen LogP contribution in [-0.2, 0) is 15.6 Å². The molecule has 1 heterocycles. The monoisotopic (exact) mass is 588 g/mol. The number of carbonyl (C=O) groups excluding carboxylic acids is 1. The molecule has 4 aromatic rings. The van der Waals surface area contributed by atoms with Gasteiger partial charge in [-0.25, -0.2) is 0 Å². The second kappa shape index (κ2) is 13.0. The van der Waals surface area contributed by atoms with Gasteiger partial charge in [-0.3, -0.25) is 9.69 Å². The maximum atomic E-state index is 13.8. The van der Waals surface area contributed by atoms with Gasteiger partial charge in [0.15, 0.2) is 0 Å². The van der Waals surface area contributed by atoms with Gasteiger partial charge in [0.2, 0.25) is 5.91 Å². The molecule has 0 radical (unpaired) electrons. The highest BCUT2D eigenvalue weighted by atomic mass is 16.3. The Morgan fingerprint density at radius 1 is 0.636 bits per heavy atom. The van der Waals surface area contributed by atoms with Crippen LogP contribution in [0.15, 0.2) is 103 Å². The largest absolute Gasteiger partial charge is 0.507 e. The van der Waals surface area contributed by atoms with Crippen LogP contribution >= 0.6 is 0 Å². The maximum absolute atomic E-state index is 13.8. The van der Waals surface area contributed by atoms with Crippen LogP contribution in [0, 0.1) is 0 Å². The fraction of sp³-hybridized carbons (Fsp3) is 0.375. The van der Waals surface area contributed by atoms with Gasteiger partial charge in [-0.2, -0.15) is 0 Å². The van der Waals surface area contributed by atoms with E-state index in [4.69, 9.17) is 0 Å². The molecule has 1 amide bonds. The fourth-order valence-electron chi connectivity index (χ4n) is 6.54. The Hall–Kier alpha value is -3.89. The zero-order chi connectivity index (χ0) is 31.5. The Balaban J connectivity index is 1.41. The summed E-state index contributed by atoms with van der Waals surface area (Å²) in [5.41, 5.74) is 6.30. The molecule has 1 saturated heterocycles. The molecule has 0 aromatic heterocycles. The van der Waals surface area contributed by atoms with E-state index in [1.54, 1.807) is 0 Å². The Labute approximate surface area is 264 Å². The molecule has 0 saturated carbocycles. The van der Waals surface area contributed by atoms with E-state index < -0.39 is 0 Å². The van der Waals surface area contributed by atoms with Crippen molar-refractivity contribution in [2.75, 3.05) is 26.2 Å². The minimum atomic E-state index is -0.208. The predicted molar refractivity (Wildman–Crippen MR) is 181 cm³/mol. The van der Waals surface area contributed by atoms with Crippen LogP contribution < -0.4 is 0 Å². The minimum absolute atomic E-state index is 0.0256. The molecule has 1 unspecified atom stereocenters. The number of phenolic OH excluding ortho intramolecular Hbond substituents is 1. The summed E-state index contributed by atoms with van der Waals surface area (Å²) in [6.45, 7) is 15.9. The number of hydrogen-bond donors (Lipinski definition) is 1. The predicted octanol–water partition coefficient (Wildman–Crippen LogP) is 8.44. The molecule has 5 rings (SSSR count). The van der Waals surface area contributed by atoms with E-state index in [1.807, 2.05) is 12.1 Å². The maximum Gasteiger partial charge on any atom is 0.223 e. The van der Waals surface area contributed by atoms with E-state index in [0.717, 1.165) is 24.2 Å². The number of phenols is 1. The number of aromatic hydroxyl groups is 1. The first kappa shape index (κ1) is 31.5. The summed E-state index contributed by atoms with van der Waals surface area (Å²) in [6.07, 6.45) is 0.456. The van der Waals surface area contributed by atoms with Crippen molar-refractivity contribution in [3.05, 3.63) is 137 Å². The number of rotatable bonds is 7. The van der Waals surface area contributed by atoms with Crippen molar-refractivity contribution in [3.8, 4) is 5.75 Å². The van der Waals surface area contributed by atoms with E-state index in [1.165, 1.54) is 22.3 Å². The Morgan fingerprint density at radius 2 is 1.05 bits per heavy atom. The molecule has 1 aliphatic heterocycles. The van der Waals surface area contributed by atoms with Crippen molar-refractivity contribution < 1.29 is 9.90 Å². The van der Waals surface area contributed by atoms with Crippen molar-refractivity contribution in [1.29, 1.82) is 0 Å². The van der Waals surface area contributed by atoms with Crippen LogP contribution in [0.4, 0.5) is 0 Å². The summed E-state index contributed by atoms with van der Waals surface area (Å²) in [5.74, 6) is 0.638. The fourth-order valence-corrected chi connectivity index (χ4v) is 6.54. The van der Waals surface area contributed by atoms with Crippen molar-refractivity contribution in [3.63, 3.8) is 0 Å². The summed E-state index contributed by atoms with van der Waals surface area (Å²) >= 11 is 0. The number of hydrogen-bond acceptors (Lipinski definition) is 3. The number of carbonyl (C=O) groups is 1.